The third-order valence-electron chi connectivity index (χ3n) is 2.80. The van der Waals surface area contributed by atoms with E-state index in [0.717, 1.165) is 19.1 Å². The van der Waals surface area contributed by atoms with E-state index in [1.165, 1.54) is 16.0 Å². The molecular weight excluding hydrogens is 204 g/mol. The minimum absolute atomic E-state index is 0.139. The zero-order valence-corrected chi connectivity index (χ0v) is 9.59. The second-order valence-corrected chi connectivity index (χ2v) is 4.64. The molecule has 15 heavy (non-hydrogen) atoms. The molecule has 1 aromatic rings. The van der Waals surface area contributed by atoms with Crippen molar-refractivity contribution < 1.29 is 4.79 Å². The monoisotopic (exact) mass is 218 g/mol. The lowest BCUT2D eigenvalue weighted by Crippen LogP contribution is -1.89. The molecule has 1 aromatic carbocycles. The zero-order chi connectivity index (χ0) is 10.7. The van der Waals surface area contributed by atoms with Gasteiger partial charge >= 0.3 is 0 Å². The number of carbonyl (C=O) groups excluding carboxylic acids is 1. The number of aldehydes is 1. The Bertz CT molecular complexity index is 378. The summed E-state index contributed by atoms with van der Waals surface area (Å²) in [7, 11) is 0. The average Bonchev–Trinajstić information content (AvgIpc) is 2.78. The van der Waals surface area contributed by atoms with Gasteiger partial charge in [0.05, 0.1) is 0 Å². The first-order chi connectivity index (χ1) is 7.33. The van der Waals surface area contributed by atoms with Gasteiger partial charge < -0.3 is 4.79 Å². The molecule has 1 atom stereocenters. The van der Waals surface area contributed by atoms with Gasteiger partial charge in [0.25, 0.3) is 0 Å². The second-order valence-electron chi connectivity index (χ2n) is 3.76. The molecule has 0 amide bonds. The van der Waals surface area contributed by atoms with Crippen LogP contribution in [0.3, 0.4) is 0 Å². The van der Waals surface area contributed by atoms with Crippen LogP contribution in [0.4, 0.5) is 0 Å². The Labute approximate surface area is 94.6 Å². The van der Waals surface area contributed by atoms with Crippen molar-refractivity contribution in [2.24, 2.45) is 5.92 Å². The van der Waals surface area contributed by atoms with Crippen LogP contribution in [-0.2, 0) is 4.79 Å². The van der Waals surface area contributed by atoms with Gasteiger partial charge in [0.1, 0.15) is 6.29 Å². The van der Waals surface area contributed by atoms with E-state index in [-0.39, 0.29) is 5.92 Å². The summed E-state index contributed by atoms with van der Waals surface area (Å²) in [4.78, 5) is 11.9. The van der Waals surface area contributed by atoms with Crippen molar-refractivity contribution in [1.82, 2.24) is 0 Å². The molecular formula is C13H14OS. The molecule has 0 radical (unpaired) electrons. The number of benzene rings is 1. The van der Waals surface area contributed by atoms with Crippen LogP contribution in [0.1, 0.15) is 18.4 Å². The molecule has 0 N–H and O–H groups in total. The number of carbonyl (C=O) groups is 1. The molecule has 1 unspecified atom stereocenters. The van der Waals surface area contributed by atoms with Crippen LogP contribution in [0.15, 0.2) is 35.2 Å². The highest BCUT2D eigenvalue weighted by Crippen LogP contribution is 2.31. The fraction of sp³-hybridized carbons (Fsp3) is 0.308. The Kier molecular flexibility index (Phi) is 3.27. The lowest BCUT2D eigenvalue weighted by atomic mass is 10.1. The highest BCUT2D eigenvalue weighted by molar-refractivity contribution is 7.98. The number of hydrogen-bond donors (Lipinski definition) is 0. The zero-order valence-electron chi connectivity index (χ0n) is 8.77. The van der Waals surface area contributed by atoms with E-state index in [2.05, 4.69) is 36.6 Å². The van der Waals surface area contributed by atoms with Crippen LogP contribution >= 0.6 is 11.8 Å². The van der Waals surface area contributed by atoms with Gasteiger partial charge in [-0.3, -0.25) is 0 Å². The van der Waals surface area contributed by atoms with Crippen molar-refractivity contribution in [3.63, 3.8) is 0 Å². The summed E-state index contributed by atoms with van der Waals surface area (Å²) in [5.41, 5.74) is 2.58. The number of hydrogen-bond acceptors (Lipinski definition) is 2. The van der Waals surface area contributed by atoms with Gasteiger partial charge in [-0.25, -0.2) is 0 Å². The summed E-state index contributed by atoms with van der Waals surface area (Å²) >= 11 is 1.75. The molecule has 2 heteroatoms. The van der Waals surface area contributed by atoms with Crippen molar-refractivity contribution in [3.05, 3.63) is 35.9 Å². The van der Waals surface area contributed by atoms with Crippen LogP contribution in [0, 0.1) is 5.92 Å². The predicted molar refractivity (Wildman–Crippen MR) is 65.0 cm³/mol. The first-order valence-electron chi connectivity index (χ1n) is 5.14. The van der Waals surface area contributed by atoms with E-state index in [1.807, 2.05) is 0 Å². The summed E-state index contributed by atoms with van der Waals surface area (Å²) in [5.74, 6) is 0.139. The van der Waals surface area contributed by atoms with E-state index < -0.39 is 0 Å². The second kappa shape index (κ2) is 4.67. The van der Waals surface area contributed by atoms with Crippen molar-refractivity contribution in [2.75, 3.05) is 6.26 Å². The smallest absolute Gasteiger partial charge is 0.126 e. The van der Waals surface area contributed by atoms with Crippen LogP contribution in [-0.4, -0.2) is 12.5 Å². The molecule has 0 fully saturated rings. The molecule has 0 saturated carbocycles. The van der Waals surface area contributed by atoms with Crippen LogP contribution in [0.2, 0.25) is 0 Å². The molecule has 0 spiro atoms. The summed E-state index contributed by atoms with van der Waals surface area (Å²) in [6.07, 6.45) is 7.22. The van der Waals surface area contributed by atoms with Gasteiger partial charge in [-0.05, 0) is 42.4 Å². The highest BCUT2D eigenvalue weighted by atomic mass is 32.2. The van der Waals surface area contributed by atoms with Gasteiger partial charge in [-0.15, -0.1) is 11.8 Å². The third-order valence-corrected chi connectivity index (χ3v) is 3.54. The third kappa shape index (κ3) is 2.32. The molecule has 1 aliphatic rings. The van der Waals surface area contributed by atoms with Crippen molar-refractivity contribution in [1.29, 1.82) is 0 Å². The van der Waals surface area contributed by atoms with Gasteiger partial charge in [-0.1, -0.05) is 18.2 Å². The van der Waals surface area contributed by atoms with E-state index in [1.54, 1.807) is 11.8 Å². The number of rotatable bonds is 3. The number of thioether (sulfide) groups is 1. The number of allylic oxidation sites excluding steroid dienone is 2. The Morgan fingerprint density at radius 3 is 2.60 bits per heavy atom. The summed E-state index contributed by atoms with van der Waals surface area (Å²) in [6, 6.07) is 8.56. The average molecular weight is 218 g/mol. The Hall–Kier alpha value is -1.02. The molecule has 1 nitrogen and oxygen atoms in total. The first-order valence-corrected chi connectivity index (χ1v) is 6.36. The fourth-order valence-electron chi connectivity index (χ4n) is 1.90. The molecule has 2 rings (SSSR count). The summed E-state index contributed by atoms with van der Waals surface area (Å²) in [6.45, 7) is 0. The molecule has 0 heterocycles. The van der Waals surface area contributed by atoms with E-state index in [9.17, 15) is 4.79 Å². The van der Waals surface area contributed by atoms with Gasteiger partial charge in [0, 0.05) is 10.8 Å². The Balaban J connectivity index is 2.20. The SMILES string of the molecule is CSc1ccc(C2=CC(C=O)CC2)cc1. The maximum Gasteiger partial charge on any atom is 0.126 e. The Morgan fingerprint density at radius 1 is 1.33 bits per heavy atom. The topological polar surface area (TPSA) is 17.1 Å². The maximum atomic E-state index is 10.6. The fourth-order valence-corrected chi connectivity index (χ4v) is 2.31. The minimum atomic E-state index is 0.139. The first kappa shape index (κ1) is 10.5. The molecule has 0 saturated heterocycles. The van der Waals surface area contributed by atoms with Crippen LogP contribution in [0.25, 0.3) is 5.57 Å². The van der Waals surface area contributed by atoms with Gasteiger partial charge in [-0.2, -0.15) is 0 Å². The minimum Gasteiger partial charge on any atom is -0.303 e. The van der Waals surface area contributed by atoms with E-state index in [4.69, 9.17) is 0 Å². The van der Waals surface area contributed by atoms with E-state index in [0.29, 0.717) is 0 Å². The normalized spacial score (nSPS) is 20.1. The van der Waals surface area contributed by atoms with Crippen molar-refractivity contribution >= 4 is 23.6 Å². The molecule has 0 bridgehead atoms. The van der Waals surface area contributed by atoms with Crippen molar-refractivity contribution in [2.45, 2.75) is 17.7 Å². The van der Waals surface area contributed by atoms with Gasteiger partial charge in [0.15, 0.2) is 0 Å². The molecule has 78 valence electrons. The largest absolute Gasteiger partial charge is 0.303 e. The summed E-state index contributed by atoms with van der Waals surface area (Å²) < 4.78 is 0. The quantitative estimate of drug-likeness (QED) is 0.571. The standard InChI is InChI=1S/C13H14OS/c1-15-13-6-4-11(5-7-13)12-3-2-10(8-12)9-14/h4-10H,2-3H2,1H3. The van der Waals surface area contributed by atoms with Crippen LogP contribution in [0.5, 0.6) is 0 Å². The Morgan fingerprint density at radius 2 is 2.07 bits per heavy atom. The maximum absolute atomic E-state index is 10.6. The van der Waals surface area contributed by atoms with E-state index >= 15 is 0 Å². The van der Waals surface area contributed by atoms with Crippen LogP contribution < -0.4 is 0 Å². The molecule has 0 aromatic heterocycles. The molecule has 0 aliphatic heterocycles. The highest BCUT2D eigenvalue weighted by Gasteiger charge is 2.15. The summed E-state index contributed by atoms with van der Waals surface area (Å²) in [5, 5.41) is 0. The lowest BCUT2D eigenvalue weighted by Gasteiger charge is -2.02. The predicted octanol–water partition coefficient (Wildman–Crippen LogP) is 3.40. The van der Waals surface area contributed by atoms with Gasteiger partial charge in [0.2, 0.25) is 0 Å². The molecule has 1 aliphatic carbocycles. The lowest BCUT2D eigenvalue weighted by molar-refractivity contribution is -0.109. The van der Waals surface area contributed by atoms with Crippen molar-refractivity contribution in [3.8, 4) is 0 Å².